The van der Waals surface area contributed by atoms with E-state index in [2.05, 4.69) is 5.32 Å². The average molecular weight is 319 g/mol. The van der Waals surface area contributed by atoms with Gasteiger partial charge in [-0.3, -0.25) is 4.79 Å². The molecule has 2 aliphatic rings. The lowest BCUT2D eigenvalue weighted by molar-refractivity contribution is -0.0881. The van der Waals surface area contributed by atoms with E-state index in [0.29, 0.717) is 25.4 Å². The predicted octanol–water partition coefficient (Wildman–Crippen LogP) is 1.76. The molecule has 6 heteroatoms. The number of ether oxygens (including phenoxy) is 2. The minimum atomic E-state index is -1.03. The van der Waals surface area contributed by atoms with Gasteiger partial charge in [0.2, 0.25) is 0 Å². The standard InChI is InChI=1S/C17H21NO5/c1-11-6-12(8-13(7-11)16(20)21)15(19)18-14-2-4-23-17(9-14)3-5-22-10-17/h6-8,14H,2-5,9-10H2,1H3,(H,18,19)(H,20,21)/t14-,17-/m1/s1. The first-order valence-electron chi connectivity index (χ1n) is 7.85. The SMILES string of the molecule is Cc1cc(C(=O)O)cc(C(=O)N[C@@H]2CCO[C@]3(CCOC3)C2)c1. The Labute approximate surface area is 134 Å². The number of benzene rings is 1. The molecule has 0 radical (unpaired) electrons. The Morgan fingerprint density at radius 3 is 2.74 bits per heavy atom. The van der Waals surface area contributed by atoms with Crippen LogP contribution in [-0.4, -0.2) is 48.4 Å². The highest BCUT2D eigenvalue weighted by atomic mass is 16.6. The summed E-state index contributed by atoms with van der Waals surface area (Å²) in [7, 11) is 0. The highest BCUT2D eigenvalue weighted by Crippen LogP contribution is 2.32. The number of aromatic carboxylic acids is 1. The number of carbonyl (C=O) groups excluding carboxylic acids is 1. The third kappa shape index (κ3) is 3.54. The van der Waals surface area contributed by atoms with E-state index in [-0.39, 0.29) is 23.1 Å². The molecule has 0 unspecified atom stereocenters. The van der Waals surface area contributed by atoms with Crippen molar-refractivity contribution in [3.8, 4) is 0 Å². The molecule has 1 aromatic carbocycles. The molecular weight excluding hydrogens is 298 g/mol. The number of rotatable bonds is 3. The first-order chi connectivity index (χ1) is 11.0. The van der Waals surface area contributed by atoms with Crippen molar-refractivity contribution in [3.63, 3.8) is 0 Å². The van der Waals surface area contributed by atoms with Crippen LogP contribution in [0.5, 0.6) is 0 Å². The quantitative estimate of drug-likeness (QED) is 0.887. The first-order valence-corrected chi connectivity index (χ1v) is 7.85. The third-order valence-electron chi connectivity index (χ3n) is 4.48. The number of aryl methyl sites for hydroxylation is 1. The number of carboxylic acid groups (broad SMARTS) is 1. The second kappa shape index (κ2) is 6.29. The van der Waals surface area contributed by atoms with Crippen LogP contribution in [0.2, 0.25) is 0 Å². The van der Waals surface area contributed by atoms with Gasteiger partial charge in [-0.25, -0.2) is 4.79 Å². The molecule has 2 atom stereocenters. The van der Waals surface area contributed by atoms with Crippen molar-refractivity contribution in [1.29, 1.82) is 0 Å². The molecule has 2 fully saturated rings. The van der Waals surface area contributed by atoms with Crippen LogP contribution in [0, 0.1) is 6.92 Å². The van der Waals surface area contributed by atoms with Crippen LogP contribution in [0.3, 0.4) is 0 Å². The first kappa shape index (κ1) is 16.0. The third-order valence-corrected chi connectivity index (χ3v) is 4.48. The van der Waals surface area contributed by atoms with E-state index < -0.39 is 5.97 Å². The predicted molar refractivity (Wildman–Crippen MR) is 82.7 cm³/mol. The number of carbonyl (C=O) groups is 2. The van der Waals surface area contributed by atoms with Crippen molar-refractivity contribution in [1.82, 2.24) is 5.32 Å². The van der Waals surface area contributed by atoms with Crippen molar-refractivity contribution in [2.45, 2.75) is 37.8 Å². The number of hydrogen-bond acceptors (Lipinski definition) is 4. The summed E-state index contributed by atoms with van der Waals surface area (Å²) < 4.78 is 11.3. The summed E-state index contributed by atoms with van der Waals surface area (Å²) in [6.45, 7) is 3.65. The molecule has 2 heterocycles. The lowest BCUT2D eigenvalue weighted by atomic mass is 9.89. The zero-order chi connectivity index (χ0) is 16.4. The summed E-state index contributed by atoms with van der Waals surface area (Å²) in [4.78, 5) is 23.6. The van der Waals surface area contributed by atoms with Gasteiger partial charge in [0.15, 0.2) is 0 Å². The van der Waals surface area contributed by atoms with Crippen molar-refractivity contribution >= 4 is 11.9 Å². The lowest BCUT2D eigenvalue weighted by Gasteiger charge is -2.37. The Bertz CT molecular complexity index is 621. The van der Waals surface area contributed by atoms with E-state index in [1.165, 1.54) is 6.07 Å². The average Bonchev–Trinajstić information content (AvgIpc) is 2.94. The smallest absolute Gasteiger partial charge is 0.335 e. The normalized spacial score (nSPS) is 27.1. The van der Waals surface area contributed by atoms with Gasteiger partial charge in [-0.1, -0.05) is 0 Å². The van der Waals surface area contributed by atoms with E-state index in [1.807, 2.05) is 0 Å². The summed E-state index contributed by atoms with van der Waals surface area (Å²) in [5.74, 6) is -1.27. The summed E-state index contributed by atoms with van der Waals surface area (Å²) >= 11 is 0. The number of hydrogen-bond donors (Lipinski definition) is 2. The Morgan fingerprint density at radius 2 is 2.04 bits per heavy atom. The van der Waals surface area contributed by atoms with Gasteiger partial charge < -0.3 is 19.9 Å². The molecule has 1 spiro atoms. The van der Waals surface area contributed by atoms with Gasteiger partial charge in [0, 0.05) is 31.2 Å². The van der Waals surface area contributed by atoms with Crippen LogP contribution in [-0.2, 0) is 9.47 Å². The number of amides is 1. The highest BCUT2D eigenvalue weighted by Gasteiger charge is 2.41. The van der Waals surface area contributed by atoms with Crippen LogP contribution >= 0.6 is 0 Å². The Morgan fingerprint density at radius 1 is 1.26 bits per heavy atom. The molecular formula is C17H21NO5. The maximum absolute atomic E-state index is 12.5. The fourth-order valence-corrected chi connectivity index (χ4v) is 3.32. The second-order valence-electron chi connectivity index (χ2n) is 6.39. The molecule has 124 valence electrons. The molecule has 2 aliphatic heterocycles. The topological polar surface area (TPSA) is 84.9 Å². The summed E-state index contributed by atoms with van der Waals surface area (Å²) in [6, 6.07) is 4.69. The minimum Gasteiger partial charge on any atom is -0.478 e. The molecule has 0 saturated carbocycles. The Kier molecular flexibility index (Phi) is 4.37. The summed E-state index contributed by atoms with van der Waals surface area (Å²) in [5, 5.41) is 12.1. The number of nitrogens with one attached hydrogen (secondary N) is 1. The van der Waals surface area contributed by atoms with Gasteiger partial charge in [0.25, 0.3) is 5.91 Å². The minimum absolute atomic E-state index is 0.0201. The van der Waals surface area contributed by atoms with Gasteiger partial charge >= 0.3 is 5.97 Å². The molecule has 1 amide bonds. The Balaban J connectivity index is 1.70. The molecule has 6 nitrogen and oxygen atoms in total. The van der Waals surface area contributed by atoms with Crippen LogP contribution in [0.25, 0.3) is 0 Å². The molecule has 3 rings (SSSR count). The largest absolute Gasteiger partial charge is 0.478 e. The van der Waals surface area contributed by atoms with Gasteiger partial charge in [-0.2, -0.15) is 0 Å². The van der Waals surface area contributed by atoms with Crippen LogP contribution < -0.4 is 5.32 Å². The van der Waals surface area contributed by atoms with Crippen molar-refractivity contribution < 1.29 is 24.2 Å². The molecule has 1 aromatic rings. The van der Waals surface area contributed by atoms with E-state index in [9.17, 15) is 9.59 Å². The van der Waals surface area contributed by atoms with Gasteiger partial charge in [0.1, 0.15) is 0 Å². The van der Waals surface area contributed by atoms with Crippen molar-refractivity contribution in [2.75, 3.05) is 19.8 Å². The van der Waals surface area contributed by atoms with Gasteiger partial charge in [0.05, 0.1) is 17.8 Å². The second-order valence-corrected chi connectivity index (χ2v) is 6.39. The monoisotopic (exact) mass is 319 g/mol. The maximum Gasteiger partial charge on any atom is 0.335 e. The van der Waals surface area contributed by atoms with Crippen LogP contribution in [0.4, 0.5) is 0 Å². The lowest BCUT2D eigenvalue weighted by Crippen LogP contribution is -2.49. The fraction of sp³-hybridized carbons (Fsp3) is 0.529. The molecule has 0 bridgehead atoms. The zero-order valence-electron chi connectivity index (χ0n) is 13.1. The fourth-order valence-electron chi connectivity index (χ4n) is 3.32. The van der Waals surface area contributed by atoms with E-state index >= 15 is 0 Å². The molecule has 0 aliphatic carbocycles. The molecule has 0 aromatic heterocycles. The summed E-state index contributed by atoms with van der Waals surface area (Å²) in [5.41, 5.74) is 0.991. The number of carboxylic acids is 1. The zero-order valence-corrected chi connectivity index (χ0v) is 13.1. The van der Waals surface area contributed by atoms with Gasteiger partial charge in [-0.05, 0) is 43.5 Å². The highest BCUT2D eigenvalue weighted by molar-refractivity contribution is 5.98. The van der Waals surface area contributed by atoms with E-state index in [0.717, 1.165) is 24.8 Å². The summed E-state index contributed by atoms with van der Waals surface area (Å²) in [6.07, 6.45) is 2.34. The van der Waals surface area contributed by atoms with Crippen LogP contribution in [0.1, 0.15) is 45.5 Å². The molecule has 23 heavy (non-hydrogen) atoms. The molecule has 2 saturated heterocycles. The van der Waals surface area contributed by atoms with Crippen LogP contribution in [0.15, 0.2) is 18.2 Å². The van der Waals surface area contributed by atoms with Gasteiger partial charge in [-0.15, -0.1) is 0 Å². The Hall–Kier alpha value is -1.92. The van der Waals surface area contributed by atoms with Crippen molar-refractivity contribution in [3.05, 3.63) is 34.9 Å². The van der Waals surface area contributed by atoms with E-state index in [1.54, 1.807) is 19.1 Å². The maximum atomic E-state index is 12.5. The van der Waals surface area contributed by atoms with E-state index in [4.69, 9.17) is 14.6 Å². The van der Waals surface area contributed by atoms with Crippen molar-refractivity contribution in [2.24, 2.45) is 0 Å². The molecule has 2 N–H and O–H groups in total.